The molecule has 0 spiro atoms. The third-order valence-corrected chi connectivity index (χ3v) is 3.30. The van der Waals surface area contributed by atoms with E-state index in [1.54, 1.807) is 6.08 Å². The molecule has 3 nitrogen and oxygen atoms in total. The van der Waals surface area contributed by atoms with E-state index in [1.807, 2.05) is 24.3 Å². The van der Waals surface area contributed by atoms with E-state index in [4.69, 9.17) is 0 Å². The first-order chi connectivity index (χ1) is 7.70. The number of carbonyl (C=O) groups excluding carboxylic acids is 2. The van der Waals surface area contributed by atoms with E-state index >= 15 is 0 Å². The van der Waals surface area contributed by atoms with Gasteiger partial charge in [0.05, 0.1) is 0 Å². The molecule has 2 aliphatic carbocycles. The molecule has 0 fully saturated rings. The minimum atomic E-state index is -0.187. The monoisotopic (exact) mass is 213 g/mol. The maximum Gasteiger partial charge on any atom is 0.260 e. The molecule has 0 saturated carbocycles. The molecule has 0 bridgehead atoms. The Morgan fingerprint density at radius 2 is 2.12 bits per heavy atom. The van der Waals surface area contributed by atoms with Crippen LogP contribution in [0.5, 0.6) is 0 Å². The number of allylic oxidation sites excluding steroid dienone is 4. The molecule has 0 aromatic heterocycles. The van der Waals surface area contributed by atoms with Crippen LogP contribution in [0.15, 0.2) is 47.1 Å². The molecule has 0 saturated heterocycles. The summed E-state index contributed by atoms with van der Waals surface area (Å²) in [4.78, 5) is 25.1. The molecule has 1 unspecified atom stereocenters. The molecule has 1 aliphatic heterocycles. The fourth-order valence-corrected chi connectivity index (χ4v) is 2.46. The molecular weight excluding hydrogens is 202 g/mol. The Hall–Kier alpha value is -1.90. The summed E-state index contributed by atoms with van der Waals surface area (Å²) in [7, 11) is 1.53. The first-order valence-corrected chi connectivity index (χ1v) is 5.32. The molecule has 0 aromatic rings. The topological polar surface area (TPSA) is 37.4 Å². The van der Waals surface area contributed by atoms with Gasteiger partial charge in [-0.25, -0.2) is 0 Å². The molecule has 2 amide bonds. The number of carbonyl (C=O) groups is 2. The van der Waals surface area contributed by atoms with Crippen molar-refractivity contribution in [1.82, 2.24) is 4.90 Å². The summed E-state index contributed by atoms with van der Waals surface area (Å²) in [6, 6.07) is 0. The Morgan fingerprint density at radius 1 is 1.31 bits per heavy atom. The molecule has 0 N–H and O–H groups in total. The first kappa shape index (κ1) is 9.33. The molecular formula is C13H11NO2. The molecule has 3 heteroatoms. The number of hydrogen-bond donors (Lipinski definition) is 0. The predicted molar refractivity (Wildman–Crippen MR) is 59.3 cm³/mol. The van der Waals surface area contributed by atoms with Crippen LogP contribution in [0.3, 0.4) is 0 Å². The first-order valence-electron chi connectivity index (χ1n) is 5.32. The van der Waals surface area contributed by atoms with E-state index in [0.29, 0.717) is 11.1 Å². The molecule has 1 heterocycles. The Balaban J connectivity index is 2.28. The highest BCUT2D eigenvalue weighted by atomic mass is 16.2. The largest absolute Gasteiger partial charge is 0.278 e. The maximum atomic E-state index is 11.9. The fourth-order valence-electron chi connectivity index (χ4n) is 2.46. The minimum Gasteiger partial charge on any atom is -0.278 e. The third-order valence-electron chi connectivity index (χ3n) is 3.30. The van der Waals surface area contributed by atoms with Crippen LogP contribution in [0.4, 0.5) is 0 Å². The van der Waals surface area contributed by atoms with Crippen molar-refractivity contribution in [3.63, 3.8) is 0 Å². The summed E-state index contributed by atoms with van der Waals surface area (Å²) in [5.74, 6) is -0.177. The second-order valence-corrected chi connectivity index (χ2v) is 4.21. The highest BCUT2D eigenvalue weighted by molar-refractivity contribution is 6.18. The van der Waals surface area contributed by atoms with E-state index < -0.39 is 0 Å². The van der Waals surface area contributed by atoms with Gasteiger partial charge in [-0.2, -0.15) is 0 Å². The number of rotatable bonds is 0. The van der Waals surface area contributed by atoms with Gasteiger partial charge in [-0.15, -0.1) is 0 Å². The van der Waals surface area contributed by atoms with Crippen LogP contribution in [0.1, 0.15) is 6.42 Å². The van der Waals surface area contributed by atoms with Gasteiger partial charge in [0.15, 0.2) is 0 Å². The number of likely N-dealkylation sites (N-methyl/N-ethyl adjacent to an activating group) is 1. The molecule has 3 aliphatic rings. The van der Waals surface area contributed by atoms with Crippen molar-refractivity contribution in [2.75, 3.05) is 7.05 Å². The van der Waals surface area contributed by atoms with Crippen molar-refractivity contribution in [3.05, 3.63) is 47.1 Å². The van der Waals surface area contributed by atoms with Gasteiger partial charge in [-0.05, 0) is 18.1 Å². The van der Waals surface area contributed by atoms with Gasteiger partial charge in [-0.3, -0.25) is 14.5 Å². The Bertz CT molecular complexity index is 520. The van der Waals surface area contributed by atoms with Gasteiger partial charge in [0.1, 0.15) is 0 Å². The molecule has 16 heavy (non-hydrogen) atoms. The van der Waals surface area contributed by atoms with Crippen LogP contribution in [0.25, 0.3) is 0 Å². The summed E-state index contributed by atoms with van der Waals surface area (Å²) in [5.41, 5.74) is 2.26. The van der Waals surface area contributed by atoms with Gasteiger partial charge in [0.2, 0.25) is 0 Å². The van der Waals surface area contributed by atoms with E-state index in [2.05, 4.69) is 0 Å². The fraction of sp³-hybridized carbons (Fsp3) is 0.231. The van der Waals surface area contributed by atoms with Crippen LogP contribution < -0.4 is 0 Å². The van der Waals surface area contributed by atoms with Crippen molar-refractivity contribution in [3.8, 4) is 0 Å². The van der Waals surface area contributed by atoms with Gasteiger partial charge in [0, 0.05) is 24.1 Å². The molecule has 3 rings (SSSR count). The Morgan fingerprint density at radius 3 is 2.94 bits per heavy atom. The second-order valence-electron chi connectivity index (χ2n) is 4.21. The zero-order valence-corrected chi connectivity index (χ0v) is 8.93. The minimum absolute atomic E-state index is 0.187. The molecule has 1 atom stereocenters. The van der Waals surface area contributed by atoms with Gasteiger partial charge in [-0.1, -0.05) is 24.3 Å². The number of hydrogen-bond acceptors (Lipinski definition) is 2. The number of nitrogens with zero attached hydrogens (tertiary/aromatic N) is 1. The summed E-state index contributed by atoms with van der Waals surface area (Å²) < 4.78 is 0. The van der Waals surface area contributed by atoms with E-state index in [1.165, 1.54) is 11.9 Å². The zero-order chi connectivity index (χ0) is 11.3. The lowest BCUT2D eigenvalue weighted by molar-refractivity contribution is -0.138. The maximum absolute atomic E-state index is 11.9. The lowest BCUT2D eigenvalue weighted by Gasteiger charge is -2.33. The smallest absolute Gasteiger partial charge is 0.260 e. The van der Waals surface area contributed by atoms with E-state index in [0.717, 1.165) is 12.0 Å². The summed E-state index contributed by atoms with van der Waals surface area (Å²) in [6.45, 7) is 0. The van der Waals surface area contributed by atoms with E-state index in [-0.39, 0.29) is 17.7 Å². The number of amides is 2. The van der Waals surface area contributed by atoms with Gasteiger partial charge < -0.3 is 0 Å². The van der Waals surface area contributed by atoms with Crippen molar-refractivity contribution in [2.45, 2.75) is 6.42 Å². The molecule has 0 radical (unpaired) electrons. The predicted octanol–water partition coefficient (Wildman–Crippen LogP) is 1.35. The van der Waals surface area contributed by atoms with Crippen molar-refractivity contribution >= 4 is 11.8 Å². The summed E-state index contributed by atoms with van der Waals surface area (Å²) in [6.07, 6.45) is 10.5. The van der Waals surface area contributed by atoms with Crippen LogP contribution >= 0.6 is 0 Å². The highest BCUT2D eigenvalue weighted by Gasteiger charge is 2.37. The summed E-state index contributed by atoms with van der Waals surface area (Å²) >= 11 is 0. The molecule has 0 aromatic carbocycles. The lowest BCUT2D eigenvalue weighted by Crippen LogP contribution is -2.42. The van der Waals surface area contributed by atoms with Crippen molar-refractivity contribution < 1.29 is 9.59 Å². The van der Waals surface area contributed by atoms with E-state index in [9.17, 15) is 9.59 Å². The lowest BCUT2D eigenvalue weighted by atomic mass is 9.77. The van der Waals surface area contributed by atoms with Crippen molar-refractivity contribution in [2.24, 2.45) is 5.92 Å². The average Bonchev–Trinajstić information content (AvgIpc) is 2.33. The molecule has 80 valence electrons. The zero-order valence-electron chi connectivity index (χ0n) is 8.93. The van der Waals surface area contributed by atoms with Gasteiger partial charge in [0.25, 0.3) is 11.8 Å². The highest BCUT2D eigenvalue weighted by Crippen LogP contribution is 2.38. The van der Waals surface area contributed by atoms with Crippen LogP contribution in [-0.4, -0.2) is 23.8 Å². The van der Waals surface area contributed by atoms with Crippen molar-refractivity contribution in [1.29, 1.82) is 0 Å². The standard InChI is InChI=1S/C13H11NO2/c1-14-12(15)9-6-2-4-8-5-3-7-10(11(8)9)13(14)16/h2-4,6-8H,5H2,1H3. The average molecular weight is 213 g/mol. The normalized spacial score (nSPS) is 27.2. The van der Waals surface area contributed by atoms with Crippen LogP contribution in [-0.2, 0) is 9.59 Å². The quantitative estimate of drug-likeness (QED) is 0.570. The second kappa shape index (κ2) is 3.04. The van der Waals surface area contributed by atoms with Crippen LogP contribution in [0, 0.1) is 5.92 Å². The third kappa shape index (κ3) is 1.03. The Kier molecular flexibility index (Phi) is 1.78. The SMILES string of the molecule is CN1C(=O)C2=CC=CC3CC=CC(=C23)C1=O. The Labute approximate surface area is 93.4 Å². The van der Waals surface area contributed by atoms with Crippen LogP contribution in [0.2, 0.25) is 0 Å². The summed E-state index contributed by atoms with van der Waals surface area (Å²) in [5, 5.41) is 0. The number of imide groups is 1. The van der Waals surface area contributed by atoms with Gasteiger partial charge >= 0.3 is 0 Å².